The van der Waals surface area contributed by atoms with Gasteiger partial charge < -0.3 is 10.2 Å². The van der Waals surface area contributed by atoms with Crippen molar-refractivity contribution in [2.24, 2.45) is 5.92 Å². The molecule has 1 aromatic rings. The summed E-state index contributed by atoms with van der Waals surface area (Å²) in [5, 5.41) is 2.42. The Balaban J connectivity index is 1.71. The predicted molar refractivity (Wildman–Crippen MR) is 109 cm³/mol. The van der Waals surface area contributed by atoms with E-state index in [4.69, 9.17) is 0 Å². The van der Waals surface area contributed by atoms with Crippen LogP contribution in [0.2, 0.25) is 0 Å². The fourth-order valence-electron chi connectivity index (χ4n) is 3.88. The molecule has 0 spiro atoms. The van der Waals surface area contributed by atoms with Crippen molar-refractivity contribution in [2.75, 3.05) is 42.9 Å². The molecule has 10 heteroatoms. The summed E-state index contributed by atoms with van der Waals surface area (Å²) >= 11 is 0. The van der Waals surface area contributed by atoms with Gasteiger partial charge in [0.05, 0.1) is 23.0 Å². The van der Waals surface area contributed by atoms with Gasteiger partial charge in [-0.2, -0.15) is 13.2 Å². The summed E-state index contributed by atoms with van der Waals surface area (Å²) in [6.45, 7) is 7.47. The van der Waals surface area contributed by atoms with E-state index < -0.39 is 23.7 Å². The minimum atomic E-state index is -4.55. The van der Waals surface area contributed by atoms with Crippen molar-refractivity contribution < 1.29 is 27.6 Å². The first-order valence-electron chi connectivity index (χ1n) is 10.3. The Hall–Kier alpha value is -2.62. The minimum absolute atomic E-state index is 0.0317. The maximum absolute atomic E-state index is 13.1. The molecule has 1 aromatic carbocycles. The van der Waals surface area contributed by atoms with Crippen LogP contribution in [0.5, 0.6) is 0 Å². The summed E-state index contributed by atoms with van der Waals surface area (Å²) in [4.78, 5) is 42.4. The van der Waals surface area contributed by atoms with Crippen molar-refractivity contribution in [3.63, 3.8) is 0 Å². The number of anilines is 2. The van der Waals surface area contributed by atoms with Gasteiger partial charge in [0.15, 0.2) is 0 Å². The number of nitrogens with one attached hydrogen (secondary N) is 1. The highest BCUT2D eigenvalue weighted by molar-refractivity contribution is 6.11. The van der Waals surface area contributed by atoms with Gasteiger partial charge in [0.25, 0.3) is 0 Å². The maximum Gasteiger partial charge on any atom is 0.416 e. The quantitative estimate of drug-likeness (QED) is 0.781. The van der Waals surface area contributed by atoms with Crippen LogP contribution in [0.4, 0.5) is 24.5 Å². The van der Waals surface area contributed by atoms with E-state index in [1.54, 1.807) is 11.8 Å². The Morgan fingerprint density at radius 2 is 1.74 bits per heavy atom. The second-order valence-corrected chi connectivity index (χ2v) is 8.39. The third kappa shape index (κ3) is 5.17. The molecule has 1 N–H and O–H groups in total. The highest BCUT2D eigenvalue weighted by Crippen LogP contribution is 2.37. The first-order chi connectivity index (χ1) is 14.5. The van der Waals surface area contributed by atoms with E-state index in [1.165, 1.54) is 11.0 Å². The number of benzene rings is 1. The SMILES string of the molecule is CC(C)CC(=O)N1CCN([C@H](C)C(=O)N2CC(=O)Nc3cc(C(F)(F)F)ccc32)CC1. The Morgan fingerprint density at radius 1 is 1.10 bits per heavy atom. The van der Waals surface area contributed by atoms with E-state index in [1.807, 2.05) is 18.7 Å². The fourth-order valence-corrected chi connectivity index (χ4v) is 3.88. The van der Waals surface area contributed by atoms with Gasteiger partial charge in [-0.1, -0.05) is 13.8 Å². The zero-order chi connectivity index (χ0) is 22.9. The Labute approximate surface area is 179 Å². The van der Waals surface area contributed by atoms with Crippen molar-refractivity contribution in [3.8, 4) is 0 Å². The third-order valence-corrected chi connectivity index (χ3v) is 5.61. The third-order valence-electron chi connectivity index (χ3n) is 5.61. The molecular formula is C21H27F3N4O3. The van der Waals surface area contributed by atoms with E-state index in [0.29, 0.717) is 32.6 Å². The Kier molecular flexibility index (Phi) is 6.59. The van der Waals surface area contributed by atoms with Crippen LogP contribution in [-0.2, 0) is 20.6 Å². The summed E-state index contributed by atoms with van der Waals surface area (Å²) in [5.41, 5.74) is -0.679. The topological polar surface area (TPSA) is 73.0 Å². The molecule has 170 valence electrons. The number of carbonyl (C=O) groups is 3. The molecule has 0 saturated carbocycles. The summed E-state index contributed by atoms with van der Waals surface area (Å²) in [7, 11) is 0. The van der Waals surface area contributed by atoms with Crippen LogP contribution in [0.15, 0.2) is 18.2 Å². The number of hydrogen-bond donors (Lipinski definition) is 1. The predicted octanol–water partition coefficient (Wildman–Crippen LogP) is 2.57. The van der Waals surface area contributed by atoms with E-state index in [2.05, 4.69) is 5.32 Å². The van der Waals surface area contributed by atoms with Crippen LogP contribution < -0.4 is 10.2 Å². The molecule has 2 heterocycles. The molecule has 1 atom stereocenters. The van der Waals surface area contributed by atoms with Gasteiger partial charge in [0.2, 0.25) is 17.7 Å². The van der Waals surface area contributed by atoms with Crippen molar-refractivity contribution in [2.45, 2.75) is 39.4 Å². The lowest BCUT2D eigenvalue weighted by atomic mass is 10.1. The molecule has 7 nitrogen and oxygen atoms in total. The summed E-state index contributed by atoms with van der Waals surface area (Å²) in [6, 6.07) is 2.38. The van der Waals surface area contributed by atoms with Crippen LogP contribution in [0.1, 0.15) is 32.8 Å². The summed E-state index contributed by atoms with van der Waals surface area (Å²) < 4.78 is 39.0. The van der Waals surface area contributed by atoms with Crippen molar-refractivity contribution in [3.05, 3.63) is 23.8 Å². The highest BCUT2D eigenvalue weighted by Gasteiger charge is 2.36. The molecule has 3 amide bonds. The largest absolute Gasteiger partial charge is 0.416 e. The zero-order valence-corrected chi connectivity index (χ0v) is 17.8. The molecule has 0 unspecified atom stereocenters. The zero-order valence-electron chi connectivity index (χ0n) is 17.8. The summed E-state index contributed by atoms with van der Waals surface area (Å²) in [6.07, 6.45) is -4.07. The van der Waals surface area contributed by atoms with Crippen molar-refractivity contribution >= 4 is 29.1 Å². The number of nitrogens with zero attached hydrogens (tertiary/aromatic N) is 3. The number of alkyl halides is 3. The van der Waals surface area contributed by atoms with E-state index >= 15 is 0 Å². The van der Waals surface area contributed by atoms with Gasteiger partial charge in [0, 0.05) is 32.6 Å². The second-order valence-electron chi connectivity index (χ2n) is 8.39. The number of amides is 3. The Bertz CT molecular complexity index is 864. The first-order valence-corrected chi connectivity index (χ1v) is 10.3. The molecule has 31 heavy (non-hydrogen) atoms. The molecule has 0 bridgehead atoms. The van der Waals surface area contributed by atoms with Crippen molar-refractivity contribution in [1.82, 2.24) is 9.80 Å². The molecule has 1 fully saturated rings. The van der Waals surface area contributed by atoms with Crippen LogP contribution >= 0.6 is 0 Å². The average molecular weight is 440 g/mol. The monoisotopic (exact) mass is 440 g/mol. The van der Waals surface area contributed by atoms with Crippen LogP contribution in [0.3, 0.4) is 0 Å². The normalized spacial score (nSPS) is 18.6. The van der Waals surface area contributed by atoms with Gasteiger partial charge in [-0.05, 0) is 31.0 Å². The number of halogens is 3. The number of hydrogen-bond acceptors (Lipinski definition) is 4. The molecule has 2 aliphatic heterocycles. The molecule has 0 radical (unpaired) electrons. The number of carbonyl (C=O) groups excluding carboxylic acids is 3. The summed E-state index contributed by atoms with van der Waals surface area (Å²) in [5.74, 6) is -0.542. The van der Waals surface area contributed by atoms with Crippen LogP contribution in [0.25, 0.3) is 0 Å². The standard InChI is InChI=1S/C21H27F3N4O3/c1-13(2)10-19(30)27-8-6-26(7-9-27)14(3)20(31)28-12-18(29)25-16-11-15(21(22,23)24)4-5-17(16)28/h4-5,11,13-14H,6-10,12H2,1-3H3,(H,25,29)/t14-/m1/s1. The molecule has 3 rings (SSSR count). The van der Waals surface area contributed by atoms with E-state index in [9.17, 15) is 27.6 Å². The lowest BCUT2D eigenvalue weighted by Gasteiger charge is -2.40. The molecule has 1 saturated heterocycles. The number of rotatable bonds is 4. The van der Waals surface area contributed by atoms with Gasteiger partial charge in [-0.3, -0.25) is 24.2 Å². The number of piperazine rings is 1. The average Bonchev–Trinajstić information content (AvgIpc) is 2.70. The van der Waals surface area contributed by atoms with E-state index in [0.717, 1.165) is 12.1 Å². The van der Waals surface area contributed by atoms with Gasteiger partial charge >= 0.3 is 6.18 Å². The molecule has 0 aromatic heterocycles. The van der Waals surface area contributed by atoms with Gasteiger partial charge in [-0.15, -0.1) is 0 Å². The van der Waals surface area contributed by atoms with Gasteiger partial charge in [-0.25, -0.2) is 0 Å². The lowest BCUT2D eigenvalue weighted by molar-refractivity contribution is -0.137. The van der Waals surface area contributed by atoms with Crippen molar-refractivity contribution in [1.29, 1.82) is 0 Å². The smallest absolute Gasteiger partial charge is 0.340 e. The fraction of sp³-hybridized carbons (Fsp3) is 0.571. The second kappa shape index (κ2) is 8.86. The minimum Gasteiger partial charge on any atom is -0.340 e. The molecule has 2 aliphatic rings. The number of fused-ring (bicyclic) bond motifs is 1. The first kappa shape index (κ1) is 23.1. The van der Waals surface area contributed by atoms with Crippen LogP contribution in [0, 0.1) is 5.92 Å². The molecule has 0 aliphatic carbocycles. The molecular weight excluding hydrogens is 413 g/mol. The van der Waals surface area contributed by atoms with E-state index in [-0.39, 0.29) is 35.7 Å². The van der Waals surface area contributed by atoms with Crippen LogP contribution in [-0.4, -0.2) is 66.3 Å². The van der Waals surface area contributed by atoms with Gasteiger partial charge in [0.1, 0.15) is 6.54 Å². The Morgan fingerprint density at radius 3 is 2.32 bits per heavy atom. The maximum atomic E-state index is 13.1. The lowest BCUT2D eigenvalue weighted by Crippen LogP contribution is -2.57. The highest BCUT2D eigenvalue weighted by atomic mass is 19.4.